The van der Waals surface area contributed by atoms with Gasteiger partial charge in [-0.05, 0) is 0 Å². The Hall–Kier alpha value is 1.38. The summed E-state index contributed by atoms with van der Waals surface area (Å²) in [5.74, 6) is 1.39. The van der Waals surface area contributed by atoms with Crippen LogP contribution < -0.4 is 9.16 Å². The van der Waals surface area contributed by atoms with Gasteiger partial charge < -0.3 is 0 Å². The molecule has 0 saturated carbocycles. The molecule has 0 N–H and O–H groups in total. The number of carbonyl (C=O) groups is 1. The van der Waals surface area contributed by atoms with Crippen molar-refractivity contribution in [2.45, 2.75) is 105 Å². The third-order valence-electron chi connectivity index (χ3n) is 7.38. The van der Waals surface area contributed by atoms with Crippen molar-refractivity contribution in [3.63, 3.8) is 0 Å². The third kappa shape index (κ3) is 10.9. The van der Waals surface area contributed by atoms with Gasteiger partial charge in [0.2, 0.25) is 0 Å². The van der Waals surface area contributed by atoms with Gasteiger partial charge in [0.25, 0.3) is 0 Å². The summed E-state index contributed by atoms with van der Waals surface area (Å²) in [4.78, 5) is 42.7. The van der Waals surface area contributed by atoms with Gasteiger partial charge in [-0.2, -0.15) is 0 Å². The fourth-order valence-corrected chi connectivity index (χ4v) is 112. The molecule has 0 bridgehead atoms. The van der Waals surface area contributed by atoms with Crippen molar-refractivity contribution in [1.29, 1.82) is 0 Å². The van der Waals surface area contributed by atoms with Crippen LogP contribution in [0, 0.1) is 0 Å². The van der Waals surface area contributed by atoms with Gasteiger partial charge in [0.15, 0.2) is 0 Å². The van der Waals surface area contributed by atoms with Gasteiger partial charge in [-0.15, -0.1) is 0 Å². The van der Waals surface area contributed by atoms with E-state index in [-0.39, 0.29) is 11.0 Å². The molecule has 0 saturated heterocycles. The molecule has 0 aromatic heterocycles. The molecule has 1 aromatic carbocycles. The van der Waals surface area contributed by atoms with Crippen molar-refractivity contribution in [2.75, 3.05) is 0 Å². The van der Waals surface area contributed by atoms with E-state index in [0.717, 1.165) is 22.6 Å². The normalized spacial score (nSPS) is 13.6. The maximum atomic E-state index is 12.5. The molecule has 38 heavy (non-hydrogen) atoms. The molecule has 0 unspecified atom stereocenters. The number of ether oxygens (including phenoxy) is 1. The molecule has 0 aliphatic rings. The van der Waals surface area contributed by atoms with Crippen molar-refractivity contribution in [1.82, 2.24) is 0 Å². The summed E-state index contributed by atoms with van der Waals surface area (Å²) in [5, 5.41) is 0.0946. The Labute approximate surface area is 253 Å². The Morgan fingerprint density at radius 1 is 0.711 bits per heavy atom. The minimum absolute atomic E-state index is 0.0946. The molecule has 0 radical (unpaired) electrons. The quantitative estimate of drug-likeness (QED) is 0.141. The molecular formula is C30H58O3SiSn4. The Balaban J connectivity index is 4.31. The molecule has 216 valence electrons. The van der Waals surface area contributed by atoms with Gasteiger partial charge in [-0.1, -0.05) is 0 Å². The summed E-state index contributed by atoms with van der Waals surface area (Å²) in [5.41, 5.74) is 2.06. The van der Waals surface area contributed by atoms with E-state index in [1.165, 1.54) is 6.92 Å². The van der Waals surface area contributed by atoms with E-state index < -0.39 is 81.8 Å². The molecule has 0 fully saturated rings. The number of hydrogen-bond acceptors (Lipinski definition) is 3. The second-order valence-electron chi connectivity index (χ2n) is 16.5. The number of rotatable bonds is 9. The van der Waals surface area contributed by atoms with Crippen LogP contribution in [0.1, 0.15) is 38.8 Å². The van der Waals surface area contributed by atoms with Gasteiger partial charge in [-0.25, -0.2) is 0 Å². The van der Waals surface area contributed by atoms with Crippen molar-refractivity contribution in [3.05, 3.63) is 26.5 Å². The zero-order valence-corrected chi connectivity index (χ0v) is 40.5. The van der Waals surface area contributed by atoms with E-state index in [2.05, 4.69) is 117 Å². The van der Waals surface area contributed by atoms with Crippen LogP contribution >= 0.6 is 0 Å². The van der Waals surface area contributed by atoms with Gasteiger partial charge in [0.05, 0.1) is 0 Å². The first kappa shape index (κ1) is 37.4. The van der Waals surface area contributed by atoms with E-state index in [4.69, 9.17) is 9.16 Å². The first-order valence-corrected chi connectivity index (χ1v) is 56.9. The van der Waals surface area contributed by atoms with Crippen LogP contribution in [0.3, 0.4) is 0 Å². The Kier molecular flexibility index (Phi) is 12.7. The SMILES string of the molecule is CC(=O)Oc1c(C=[C]([Sn]([CH3])([CH3])[CH3])[Sn]([CH3])([CH3])[CH3])cc(O[Si](C)(C)C(C)(C)C)cc1C=[C]([Sn]([CH3])([CH3])[CH3])[Sn]([CH3])([CH3])[CH3]. The van der Waals surface area contributed by atoms with E-state index in [9.17, 15) is 4.79 Å². The number of benzene rings is 1. The van der Waals surface area contributed by atoms with Crippen molar-refractivity contribution in [2.24, 2.45) is 0 Å². The van der Waals surface area contributed by atoms with E-state index in [1.807, 2.05) is 0 Å². The molecule has 3 nitrogen and oxygen atoms in total. The second-order valence-corrected chi connectivity index (χ2v) is 86.9. The van der Waals surface area contributed by atoms with Crippen LogP contribution in [-0.4, -0.2) is 87.8 Å². The molecule has 0 heterocycles. The Bertz CT molecular complexity index is 990. The summed E-state index contributed by atoms with van der Waals surface area (Å²) in [6, 6.07) is 4.34. The molecule has 1 rings (SSSR count). The van der Waals surface area contributed by atoms with Crippen LogP contribution in [-0.2, 0) is 4.79 Å². The van der Waals surface area contributed by atoms with Crippen LogP contribution in [0.5, 0.6) is 11.5 Å². The molecule has 0 spiro atoms. The zero-order valence-electron chi connectivity index (χ0n) is 28.0. The van der Waals surface area contributed by atoms with Gasteiger partial charge >= 0.3 is 257 Å². The standard InChI is InChI=1S/C18H22O3Si.12CH3.4Sn/c1-9-14-11-16(21-22(7,8)18(4,5)6)12-15(10-2)17(14)20-13(3)19;;;;;;;;;;;;;;;;/h9-12H,3-8H3;12*1H3;;;;. The number of carbonyl (C=O) groups excluding carboxylic acids is 1. The van der Waals surface area contributed by atoms with Crippen LogP contribution in [0.25, 0.3) is 12.2 Å². The average molecular weight is 970 g/mol. The van der Waals surface area contributed by atoms with E-state index in [0.29, 0.717) is 0 Å². The van der Waals surface area contributed by atoms with Crippen molar-refractivity contribution in [3.8, 4) is 11.5 Å². The third-order valence-corrected chi connectivity index (χ3v) is 89.3. The maximum absolute atomic E-state index is 12.5. The summed E-state index contributed by atoms with van der Waals surface area (Å²) >= 11 is -9.67. The van der Waals surface area contributed by atoms with Crippen molar-refractivity contribution < 1.29 is 14.0 Å². The molecule has 1 aromatic rings. The summed E-state index contributed by atoms with van der Waals surface area (Å²) in [7, 11) is -2.06. The molecule has 0 aliphatic carbocycles. The molecule has 0 aliphatic heterocycles. The number of esters is 1. The van der Waals surface area contributed by atoms with E-state index >= 15 is 0 Å². The molecule has 0 atom stereocenters. The zero-order chi connectivity index (χ0) is 30.3. The van der Waals surface area contributed by atoms with Gasteiger partial charge in [0.1, 0.15) is 0 Å². The Morgan fingerprint density at radius 3 is 1.26 bits per heavy atom. The fourth-order valence-electron chi connectivity index (χ4n) is 5.06. The molecule has 8 heteroatoms. The second kappa shape index (κ2) is 12.9. The predicted octanol–water partition coefficient (Wildman–Crippen LogP) is 10.3. The minimum atomic E-state index is -2.42. The predicted molar refractivity (Wildman–Crippen MR) is 185 cm³/mol. The van der Waals surface area contributed by atoms with Crippen LogP contribution in [0.15, 0.2) is 15.3 Å². The first-order valence-electron chi connectivity index (χ1n) is 14.1. The molecular weight excluding hydrogens is 911 g/mol. The Morgan fingerprint density at radius 2 is 1.03 bits per heavy atom. The topological polar surface area (TPSA) is 35.5 Å². The van der Waals surface area contributed by atoms with Gasteiger partial charge in [0, 0.05) is 0 Å². The van der Waals surface area contributed by atoms with Gasteiger partial charge in [-0.3, -0.25) is 0 Å². The van der Waals surface area contributed by atoms with Crippen molar-refractivity contribution >= 4 is 99.9 Å². The van der Waals surface area contributed by atoms with Crippen LogP contribution in [0.4, 0.5) is 0 Å². The number of hydrogen-bond donors (Lipinski definition) is 0. The molecule has 0 amide bonds. The fraction of sp³-hybridized carbons (Fsp3) is 0.633. The summed E-state index contributed by atoms with van der Waals surface area (Å²) < 4.78 is 16.5. The summed E-state index contributed by atoms with van der Waals surface area (Å²) in [6.45, 7) is 13.0. The average Bonchev–Trinajstić information content (AvgIpc) is 2.60. The van der Waals surface area contributed by atoms with E-state index in [1.54, 1.807) is 3.21 Å². The van der Waals surface area contributed by atoms with Crippen LogP contribution in [0.2, 0.25) is 77.4 Å². The summed E-state index contributed by atoms with van der Waals surface area (Å²) in [6.07, 6.45) is 4.89. The first-order chi connectivity index (χ1) is 16.6. The monoisotopic (exact) mass is 974 g/mol.